The highest BCUT2D eigenvalue weighted by Gasteiger charge is 2.16. The molecule has 0 radical (unpaired) electrons. The fourth-order valence-corrected chi connectivity index (χ4v) is 1.61. The number of amides is 2. The van der Waals surface area contributed by atoms with Gasteiger partial charge in [-0.25, -0.2) is 4.79 Å². The van der Waals surface area contributed by atoms with Gasteiger partial charge in [-0.2, -0.15) is 0 Å². The summed E-state index contributed by atoms with van der Waals surface area (Å²) >= 11 is 0. The lowest BCUT2D eigenvalue weighted by atomic mass is 10.1. The lowest BCUT2D eigenvalue weighted by Crippen LogP contribution is -2.38. The van der Waals surface area contributed by atoms with Crippen molar-refractivity contribution in [1.29, 1.82) is 0 Å². The van der Waals surface area contributed by atoms with Crippen LogP contribution in [0.2, 0.25) is 0 Å². The third kappa shape index (κ3) is 4.38. The Morgan fingerprint density at radius 3 is 2.50 bits per heavy atom. The highest BCUT2D eigenvalue weighted by atomic mass is 16.4. The number of carboxylic acid groups (broad SMARTS) is 1. The summed E-state index contributed by atoms with van der Waals surface area (Å²) in [7, 11) is 1.50. The molecular formula is C14H18N2O4. The molecule has 20 heavy (non-hydrogen) atoms. The Bertz CT molecular complexity index is 514. The first-order chi connectivity index (χ1) is 9.45. The molecule has 0 spiro atoms. The second-order valence-electron chi connectivity index (χ2n) is 4.40. The van der Waals surface area contributed by atoms with Crippen LogP contribution in [0, 0.1) is 0 Å². The van der Waals surface area contributed by atoms with Crippen LogP contribution in [-0.2, 0) is 4.79 Å². The molecule has 0 unspecified atom stereocenters. The Hall–Kier alpha value is -2.37. The third-order valence-corrected chi connectivity index (χ3v) is 2.66. The van der Waals surface area contributed by atoms with E-state index in [4.69, 9.17) is 5.11 Å². The average Bonchev–Trinajstić information content (AvgIpc) is 2.44. The van der Waals surface area contributed by atoms with Crippen molar-refractivity contribution in [3.8, 4) is 0 Å². The minimum Gasteiger partial charge on any atom is -0.478 e. The van der Waals surface area contributed by atoms with Gasteiger partial charge in [-0.15, -0.1) is 0 Å². The Morgan fingerprint density at radius 1 is 1.25 bits per heavy atom. The lowest BCUT2D eigenvalue weighted by Gasteiger charge is -2.17. The molecule has 0 heterocycles. The molecule has 0 aromatic heterocycles. The van der Waals surface area contributed by atoms with Crippen LogP contribution in [0.4, 0.5) is 0 Å². The fourth-order valence-electron chi connectivity index (χ4n) is 1.61. The summed E-state index contributed by atoms with van der Waals surface area (Å²) in [4.78, 5) is 35.7. The lowest BCUT2D eigenvalue weighted by molar-refractivity contribution is -0.121. The van der Waals surface area contributed by atoms with Gasteiger partial charge in [0.15, 0.2) is 0 Å². The molecule has 0 saturated heterocycles. The van der Waals surface area contributed by atoms with Crippen LogP contribution in [0.25, 0.3) is 0 Å². The van der Waals surface area contributed by atoms with Crippen molar-refractivity contribution in [3.63, 3.8) is 0 Å². The van der Waals surface area contributed by atoms with Gasteiger partial charge in [0.05, 0.1) is 12.1 Å². The van der Waals surface area contributed by atoms with E-state index in [-0.39, 0.29) is 29.5 Å². The predicted molar refractivity (Wildman–Crippen MR) is 73.7 cm³/mol. The zero-order chi connectivity index (χ0) is 15.1. The molecule has 2 N–H and O–H groups in total. The molecule has 2 amide bonds. The van der Waals surface area contributed by atoms with E-state index >= 15 is 0 Å². The first-order valence-electron chi connectivity index (χ1n) is 6.31. The minimum atomic E-state index is -1.09. The van der Waals surface area contributed by atoms with Gasteiger partial charge in [-0.05, 0) is 24.6 Å². The first kappa shape index (κ1) is 15.7. The Balaban J connectivity index is 2.71. The molecule has 0 aliphatic carbocycles. The van der Waals surface area contributed by atoms with Gasteiger partial charge in [0.1, 0.15) is 0 Å². The van der Waals surface area contributed by atoms with E-state index in [9.17, 15) is 14.4 Å². The number of nitrogens with zero attached hydrogens (tertiary/aromatic N) is 1. The van der Waals surface area contributed by atoms with Gasteiger partial charge < -0.3 is 15.3 Å². The molecule has 6 nitrogen and oxygen atoms in total. The van der Waals surface area contributed by atoms with Gasteiger partial charge in [-0.1, -0.05) is 13.0 Å². The summed E-state index contributed by atoms with van der Waals surface area (Å²) in [5.41, 5.74) is 0.287. The zero-order valence-corrected chi connectivity index (χ0v) is 11.5. The number of hydrogen-bond donors (Lipinski definition) is 2. The van der Waals surface area contributed by atoms with E-state index < -0.39 is 5.97 Å². The Morgan fingerprint density at radius 2 is 1.90 bits per heavy atom. The molecule has 0 aliphatic rings. The Labute approximate surface area is 117 Å². The van der Waals surface area contributed by atoms with Crippen molar-refractivity contribution in [2.45, 2.75) is 13.3 Å². The highest BCUT2D eigenvalue weighted by Crippen LogP contribution is 2.08. The van der Waals surface area contributed by atoms with Gasteiger partial charge in [0, 0.05) is 19.2 Å². The minimum absolute atomic E-state index is 0.0414. The van der Waals surface area contributed by atoms with Crippen LogP contribution in [0.3, 0.4) is 0 Å². The van der Waals surface area contributed by atoms with E-state index in [1.54, 1.807) is 0 Å². The third-order valence-electron chi connectivity index (χ3n) is 2.66. The largest absolute Gasteiger partial charge is 0.478 e. The molecule has 0 bridgehead atoms. The van der Waals surface area contributed by atoms with Gasteiger partial charge in [0.2, 0.25) is 5.91 Å². The number of carbonyl (C=O) groups is 3. The summed E-state index contributed by atoms with van der Waals surface area (Å²) < 4.78 is 0. The van der Waals surface area contributed by atoms with Gasteiger partial charge in [0.25, 0.3) is 5.91 Å². The van der Waals surface area contributed by atoms with Gasteiger partial charge >= 0.3 is 5.97 Å². The van der Waals surface area contributed by atoms with E-state index in [1.807, 2.05) is 6.92 Å². The summed E-state index contributed by atoms with van der Waals surface area (Å²) in [6, 6.07) is 5.73. The second-order valence-corrected chi connectivity index (χ2v) is 4.40. The quantitative estimate of drug-likeness (QED) is 0.812. The molecule has 1 rings (SSSR count). The maximum absolute atomic E-state index is 12.1. The summed E-state index contributed by atoms with van der Waals surface area (Å²) in [5.74, 6) is -1.72. The molecule has 6 heteroatoms. The molecule has 0 fully saturated rings. The van der Waals surface area contributed by atoms with Crippen molar-refractivity contribution < 1.29 is 19.5 Å². The second kappa shape index (κ2) is 7.28. The average molecular weight is 278 g/mol. The molecule has 1 aromatic rings. The van der Waals surface area contributed by atoms with Crippen LogP contribution in [0.5, 0.6) is 0 Å². The molecule has 0 saturated carbocycles. The van der Waals surface area contributed by atoms with Gasteiger partial charge in [-0.3, -0.25) is 9.59 Å². The Kier molecular flexibility index (Phi) is 5.71. The van der Waals surface area contributed by atoms with E-state index in [0.717, 1.165) is 6.42 Å². The van der Waals surface area contributed by atoms with Crippen LogP contribution < -0.4 is 5.32 Å². The van der Waals surface area contributed by atoms with Crippen molar-refractivity contribution in [1.82, 2.24) is 10.2 Å². The number of nitrogens with one attached hydrogen (secondary N) is 1. The number of benzene rings is 1. The first-order valence-corrected chi connectivity index (χ1v) is 6.31. The molecule has 1 aromatic carbocycles. The normalized spacial score (nSPS) is 9.90. The van der Waals surface area contributed by atoms with E-state index in [1.165, 1.54) is 36.2 Å². The predicted octanol–water partition coefficient (Wildman–Crippen LogP) is 0.983. The smallest absolute Gasteiger partial charge is 0.335 e. The number of rotatable bonds is 6. The number of aromatic carboxylic acids is 1. The van der Waals surface area contributed by atoms with Crippen molar-refractivity contribution in [2.24, 2.45) is 0 Å². The zero-order valence-electron chi connectivity index (χ0n) is 11.5. The highest BCUT2D eigenvalue weighted by molar-refractivity contribution is 5.98. The number of carboxylic acids is 1. The maximum Gasteiger partial charge on any atom is 0.335 e. The monoisotopic (exact) mass is 278 g/mol. The number of likely N-dealkylation sites (N-methyl/N-ethyl adjacent to an activating group) is 1. The maximum atomic E-state index is 12.1. The molecular weight excluding hydrogens is 260 g/mol. The van der Waals surface area contributed by atoms with Crippen molar-refractivity contribution in [3.05, 3.63) is 35.4 Å². The summed E-state index contributed by atoms with van der Waals surface area (Å²) in [6.07, 6.45) is 0.823. The SMILES string of the molecule is CCCNC(=O)CN(C)C(=O)c1cccc(C(=O)O)c1. The molecule has 0 atom stereocenters. The summed E-state index contributed by atoms with van der Waals surface area (Å²) in [5, 5.41) is 11.6. The topological polar surface area (TPSA) is 86.7 Å². The summed E-state index contributed by atoms with van der Waals surface area (Å²) in [6.45, 7) is 2.44. The fraction of sp³-hybridized carbons (Fsp3) is 0.357. The van der Waals surface area contributed by atoms with E-state index in [0.29, 0.717) is 6.54 Å². The number of carbonyl (C=O) groups excluding carboxylic acids is 2. The molecule has 108 valence electrons. The van der Waals surface area contributed by atoms with Crippen LogP contribution in [0.15, 0.2) is 24.3 Å². The van der Waals surface area contributed by atoms with Crippen molar-refractivity contribution >= 4 is 17.8 Å². The van der Waals surface area contributed by atoms with Crippen molar-refractivity contribution in [2.75, 3.05) is 20.1 Å². The standard InChI is InChI=1S/C14H18N2O4/c1-3-7-15-12(17)9-16(2)13(18)10-5-4-6-11(8-10)14(19)20/h4-6,8H,3,7,9H2,1-2H3,(H,15,17)(H,19,20). The van der Waals surface area contributed by atoms with E-state index in [2.05, 4.69) is 5.32 Å². The molecule has 0 aliphatic heterocycles. The van der Waals surface area contributed by atoms with Crippen LogP contribution in [0.1, 0.15) is 34.1 Å². The van der Waals surface area contributed by atoms with Crippen LogP contribution in [-0.4, -0.2) is 47.9 Å². The number of hydrogen-bond acceptors (Lipinski definition) is 3. The van der Waals surface area contributed by atoms with Crippen LogP contribution >= 0.6 is 0 Å².